The van der Waals surface area contributed by atoms with Gasteiger partial charge < -0.3 is 15.5 Å². The van der Waals surface area contributed by atoms with Gasteiger partial charge in [0.25, 0.3) is 0 Å². The Hall–Kier alpha value is -0.650. The number of likely N-dealkylation sites (N-methyl/N-ethyl adjacent to an activating group) is 2. The molecule has 0 aliphatic rings. The van der Waals surface area contributed by atoms with Gasteiger partial charge in [0.15, 0.2) is 0 Å². The summed E-state index contributed by atoms with van der Waals surface area (Å²) in [6.45, 7) is 4.83. The first-order chi connectivity index (χ1) is 6.97. The molecule has 0 rings (SSSR count). The molecule has 1 amide bonds. The summed E-state index contributed by atoms with van der Waals surface area (Å²) in [6.07, 6.45) is 0. The first-order valence-corrected chi connectivity index (χ1v) is 5.14. The summed E-state index contributed by atoms with van der Waals surface area (Å²) in [6, 6.07) is 0. The predicted octanol–water partition coefficient (Wildman–Crippen LogP) is -0.955. The van der Waals surface area contributed by atoms with E-state index in [1.165, 1.54) is 0 Å². The molecule has 0 aliphatic carbocycles. The smallest absolute Gasteiger partial charge is 0.234 e. The number of carbonyl (C=O) groups is 1. The lowest BCUT2D eigenvalue weighted by atomic mass is 9.92. The average molecular weight is 218 g/mol. The Morgan fingerprint density at radius 2 is 1.93 bits per heavy atom. The number of aliphatic hydroxyl groups excluding tert-OH is 2. The molecule has 0 spiro atoms. The van der Waals surface area contributed by atoms with Gasteiger partial charge in [0.1, 0.15) is 0 Å². The molecular weight excluding hydrogens is 196 g/mol. The summed E-state index contributed by atoms with van der Waals surface area (Å²) in [5, 5.41) is 20.9. The third-order valence-electron chi connectivity index (χ3n) is 2.20. The maximum absolute atomic E-state index is 11.2. The van der Waals surface area contributed by atoms with E-state index in [1.54, 1.807) is 18.9 Å². The van der Waals surface area contributed by atoms with Crippen molar-refractivity contribution in [2.45, 2.75) is 13.8 Å². The Bertz CT molecular complexity index is 193. The van der Waals surface area contributed by atoms with Crippen molar-refractivity contribution in [3.05, 3.63) is 0 Å². The van der Waals surface area contributed by atoms with E-state index in [9.17, 15) is 4.79 Å². The van der Waals surface area contributed by atoms with E-state index in [1.807, 2.05) is 6.92 Å². The van der Waals surface area contributed by atoms with E-state index in [4.69, 9.17) is 10.2 Å². The van der Waals surface area contributed by atoms with Crippen molar-refractivity contribution in [3.8, 4) is 0 Å². The van der Waals surface area contributed by atoms with E-state index in [-0.39, 0.29) is 25.7 Å². The normalized spacial score (nSPS) is 11.9. The number of nitrogens with zero attached hydrogens (tertiary/aromatic N) is 1. The SMILES string of the molecule is CCNC(=O)CN(C)CC(C)(CO)CO. The molecule has 0 radical (unpaired) electrons. The van der Waals surface area contributed by atoms with Gasteiger partial charge in [-0.15, -0.1) is 0 Å². The van der Waals surface area contributed by atoms with Crippen LogP contribution in [0.15, 0.2) is 0 Å². The van der Waals surface area contributed by atoms with E-state index < -0.39 is 5.41 Å². The number of hydrogen-bond donors (Lipinski definition) is 3. The van der Waals surface area contributed by atoms with E-state index in [0.29, 0.717) is 13.1 Å². The number of amides is 1. The molecule has 0 saturated heterocycles. The molecule has 3 N–H and O–H groups in total. The van der Waals surface area contributed by atoms with E-state index in [0.717, 1.165) is 0 Å². The van der Waals surface area contributed by atoms with Gasteiger partial charge in [-0.25, -0.2) is 0 Å². The Kier molecular flexibility index (Phi) is 6.47. The van der Waals surface area contributed by atoms with Crippen molar-refractivity contribution < 1.29 is 15.0 Å². The van der Waals surface area contributed by atoms with Crippen LogP contribution in [-0.2, 0) is 4.79 Å². The minimum atomic E-state index is -0.554. The highest BCUT2D eigenvalue weighted by Gasteiger charge is 2.24. The molecule has 0 atom stereocenters. The number of hydrogen-bond acceptors (Lipinski definition) is 4. The minimum Gasteiger partial charge on any atom is -0.396 e. The van der Waals surface area contributed by atoms with Crippen LogP contribution in [0.2, 0.25) is 0 Å². The van der Waals surface area contributed by atoms with Gasteiger partial charge >= 0.3 is 0 Å². The second-order valence-corrected chi connectivity index (χ2v) is 4.25. The lowest BCUT2D eigenvalue weighted by molar-refractivity contribution is -0.122. The second kappa shape index (κ2) is 6.76. The zero-order chi connectivity index (χ0) is 11.9. The fraction of sp³-hybridized carbons (Fsp3) is 0.900. The molecule has 5 heteroatoms. The molecule has 0 aromatic rings. The van der Waals surface area contributed by atoms with Crippen molar-refractivity contribution in [3.63, 3.8) is 0 Å². The van der Waals surface area contributed by atoms with Gasteiger partial charge in [0, 0.05) is 18.5 Å². The number of carbonyl (C=O) groups excluding carboxylic acids is 1. The van der Waals surface area contributed by atoms with Gasteiger partial charge in [-0.2, -0.15) is 0 Å². The molecule has 0 saturated carbocycles. The predicted molar refractivity (Wildman–Crippen MR) is 58.5 cm³/mol. The Morgan fingerprint density at radius 3 is 2.33 bits per heavy atom. The lowest BCUT2D eigenvalue weighted by Crippen LogP contribution is -2.43. The summed E-state index contributed by atoms with van der Waals surface area (Å²) in [5.41, 5.74) is -0.554. The second-order valence-electron chi connectivity index (χ2n) is 4.25. The molecular formula is C10H22N2O3. The van der Waals surface area contributed by atoms with Gasteiger partial charge in [-0.3, -0.25) is 9.69 Å². The molecule has 5 nitrogen and oxygen atoms in total. The lowest BCUT2D eigenvalue weighted by Gasteiger charge is -2.29. The summed E-state index contributed by atoms with van der Waals surface area (Å²) in [4.78, 5) is 13.0. The van der Waals surface area contributed by atoms with Crippen LogP contribution in [-0.4, -0.2) is 60.9 Å². The van der Waals surface area contributed by atoms with Crippen LogP contribution < -0.4 is 5.32 Å². The summed E-state index contributed by atoms with van der Waals surface area (Å²) >= 11 is 0. The maximum Gasteiger partial charge on any atom is 0.234 e. The topological polar surface area (TPSA) is 72.8 Å². The highest BCUT2D eigenvalue weighted by atomic mass is 16.3. The van der Waals surface area contributed by atoms with Crippen LogP contribution in [0, 0.1) is 5.41 Å². The summed E-state index contributed by atoms with van der Waals surface area (Å²) in [7, 11) is 1.79. The maximum atomic E-state index is 11.2. The minimum absolute atomic E-state index is 0.0433. The largest absolute Gasteiger partial charge is 0.396 e. The van der Waals surface area contributed by atoms with Crippen molar-refractivity contribution in [1.82, 2.24) is 10.2 Å². The monoisotopic (exact) mass is 218 g/mol. The highest BCUT2D eigenvalue weighted by Crippen LogP contribution is 2.14. The molecule has 0 aliphatic heterocycles. The van der Waals surface area contributed by atoms with Gasteiger partial charge in [-0.1, -0.05) is 6.92 Å². The molecule has 0 fully saturated rings. The Morgan fingerprint density at radius 1 is 1.40 bits per heavy atom. The highest BCUT2D eigenvalue weighted by molar-refractivity contribution is 5.77. The van der Waals surface area contributed by atoms with E-state index >= 15 is 0 Å². The Balaban J connectivity index is 4.01. The van der Waals surface area contributed by atoms with Gasteiger partial charge in [0.2, 0.25) is 5.91 Å². The molecule has 0 aromatic carbocycles. The molecule has 0 bridgehead atoms. The van der Waals surface area contributed by atoms with Crippen LogP contribution in [0.4, 0.5) is 0 Å². The molecule has 0 unspecified atom stereocenters. The summed E-state index contributed by atoms with van der Waals surface area (Å²) < 4.78 is 0. The van der Waals surface area contributed by atoms with Gasteiger partial charge in [-0.05, 0) is 14.0 Å². The zero-order valence-electron chi connectivity index (χ0n) is 9.79. The van der Waals surface area contributed by atoms with Crippen molar-refractivity contribution >= 4 is 5.91 Å². The molecule has 0 heterocycles. The fourth-order valence-electron chi connectivity index (χ4n) is 1.36. The first-order valence-electron chi connectivity index (χ1n) is 5.14. The van der Waals surface area contributed by atoms with Gasteiger partial charge in [0.05, 0.1) is 19.8 Å². The number of nitrogens with one attached hydrogen (secondary N) is 1. The van der Waals surface area contributed by atoms with E-state index in [2.05, 4.69) is 5.32 Å². The van der Waals surface area contributed by atoms with Crippen molar-refractivity contribution in [1.29, 1.82) is 0 Å². The third kappa shape index (κ3) is 5.71. The molecule has 90 valence electrons. The summed E-state index contributed by atoms with van der Waals surface area (Å²) in [5.74, 6) is -0.0433. The quantitative estimate of drug-likeness (QED) is 0.515. The standard InChI is InChI=1S/C10H22N2O3/c1-4-11-9(15)5-12(3)6-10(2,7-13)8-14/h13-14H,4-8H2,1-3H3,(H,11,15). The van der Waals surface area contributed by atoms with Crippen molar-refractivity contribution in [2.75, 3.05) is 39.9 Å². The first kappa shape index (κ1) is 14.3. The number of rotatable bonds is 7. The van der Waals surface area contributed by atoms with Crippen LogP contribution >= 0.6 is 0 Å². The average Bonchev–Trinajstić information content (AvgIpc) is 2.17. The number of aliphatic hydroxyl groups is 2. The Labute approximate surface area is 91.1 Å². The van der Waals surface area contributed by atoms with Crippen LogP contribution in [0.25, 0.3) is 0 Å². The zero-order valence-corrected chi connectivity index (χ0v) is 9.79. The van der Waals surface area contributed by atoms with Crippen LogP contribution in [0.1, 0.15) is 13.8 Å². The van der Waals surface area contributed by atoms with Crippen LogP contribution in [0.5, 0.6) is 0 Å². The molecule has 0 aromatic heterocycles. The van der Waals surface area contributed by atoms with Crippen molar-refractivity contribution in [2.24, 2.45) is 5.41 Å². The third-order valence-corrected chi connectivity index (χ3v) is 2.20. The molecule has 15 heavy (non-hydrogen) atoms. The fourth-order valence-corrected chi connectivity index (χ4v) is 1.36. The van der Waals surface area contributed by atoms with Crippen LogP contribution in [0.3, 0.4) is 0 Å².